The molecule has 8 heteroatoms. The van der Waals surface area contributed by atoms with Crippen LogP contribution >= 0.6 is 0 Å². The highest BCUT2D eigenvalue weighted by Gasteiger charge is 2.20. The molecule has 0 fully saturated rings. The summed E-state index contributed by atoms with van der Waals surface area (Å²) in [6.45, 7) is 13.0. The van der Waals surface area contributed by atoms with Crippen LogP contribution < -0.4 is 10.1 Å². The molecular weight excluding hydrogens is 430 g/mol. The number of hydrogen-bond donors (Lipinski definition) is 4. The van der Waals surface area contributed by atoms with Gasteiger partial charge in [-0.3, -0.25) is 15.6 Å². The van der Waals surface area contributed by atoms with Crippen LogP contribution in [0, 0.1) is 10.8 Å². The summed E-state index contributed by atoms with van der Waals surface area (Å²) in [5, 5.41) is 27.7. The molecule has 1 amide bonds. The highest BCUT2D eigenvalue weighted by Crippen LogP contribution is 2.27. The lowest BCUT2D eigenvalue weighted by Gasteiger charge is -2.26. The Hall–Kier alpha value is -3.23. The predicted molar refractivity (Wildman–Crippen MR) is 139 cm³/mol. The van der Waals surface area contributed by atoms with Gasteiger partial charge in [0.15, 0.2) is 0 Å². The van der Waals surface area contributed by atoms with E-state index in [4.69, 9.17) is 15.6 Å². The maximum absolute atomic E-state index is 12.8. The Labute approximate surface area is 203 Å². The minimum atomic E-state index is -0.368. The van der Waals surface area contributed by atoms with Crippen molar-refractivity contribution in [2.75, 3.05) is 27.3 Å². The number of ether oxygens (including phenoxy) is 1. The van der Waals surface area contributed by atoms with Crippen LogP contribution in [0.2, 0.25) is 0 Å². The molecule has 1 atom stereocenters. The summed E-state index contributed by atoms with van der Waals surface area (Å²) in [4.78, 5) is 16.4. The molecule has 1 aromatic rings. The number of amides is 1. The van der Waals surface area contributed by atoms with Crippen LogP contribution in [0.5, 0.6) is 5.75 Å². The Morgan fingerprint density at radius 3 is 2.65 bits per heavy atom. The minimum absolute atomic E-state index is 0.115. The first-order valence-electron chi connectivity index (χ1n) is 11.4. The molecule has 8 nitrogen and oxygen atoms in total. The van der Waals surface area contributed by atoms with Crippen molar-refractivity contribution in [2.45, 2.75) is 46.7 Å². The Kier molecular flexibility index (Phi) is 12.0. The first-order valence-corrected chi connectivity index (χ1v) is 11.4. The largest absolute Gasteiger partial charge is 0.496 e. The lowest BCUT2D eigenvalue weighted by Crippen LogP contribution is -2.39. The molecule has 34 heavy (non-hydrogen) atoms. The fourth-order valence-electron chi connectivity index (χ4n) is 3.42. The van der Waals surface area contributed by atoms with E-state index in [0.29, 0.717) is 22.6 Å². The molecule has 1 aromatic carbocycles. The molecule has 1 heterocycles. The smallest absolute Gasteiger partial charge is 0.259 e. The van der Waals surface area contributed by atoms with Crippen molar-refractivity contribution in [1.82, 2.24) is 15.1 Å². The van der Waals surface area contributed by atoms with Gasteiger partial charge in [0.1, 0.15) is 11.6 Å². The molecule has 2 rings (SSSR count). The lowest BCUT2D eigenvalue weighted by atomic mass is 9.96. The number of hydrogen-bond acceptors (Lipinski definition) is 6. The Balaban J connectivity index is 0.00000281. The number of fused-ring (bicyclic) bond motifs is 1. The predicted octanol–water partition coefficient (Wildman–Crippen LogP) is 3.72. The van der Waals surface area contributed by atoms with Gasteiger partial charge in [0, 0.05) is 18.8 Å². The number of likely N-dealkylation sites (N-methyl/N-ethyl adjacent to an activating group) is 1. The third-order valence-corrected chi connectivity index (χ3v) is 5.40. The van der Waals surface area contributed by atoms with Crippen molar-refractivity contribution >= 4 is 18.1 Å². The van der Waals surface area contributed by atoms with Crippen LogP contribution in [0.1, 0.15) is 49.2 Å². The number of carbonyl (C=O) groups is 1. The van der Waals surface area contributed by atoms with E-state index in [-0.39, 0.29) is 24.4 Å². The second-order valence-corrected chi connectivity index (χ2v) is 7.91. The molecule has 0 radical (unpaired) electrons. The number of allylic oxidation sites excluding steroid dienone is 3. The Bertz CT molecular complexity index is 952. The molecule has 1 aliphatic rings. The fraction of sp³-hybridized carbons (Fsp3) is 0.423. The third-order valence-electron chi connectivity index (χ3n) is 5.40. The van der Waals surface area contributed by atoms with Crippen molar-refractivity contribution in [3.63, 3.8) is 0 Å². The standard InChI is InChI=1S/C24H33N5O3.C2H6/c1-16(23(26)29(15-25)18(3)14-30)7-6-8-17(2)27-24(31)21-11-20-13-28(4)10-9-19(20)12-22(21)32-5;1-2/h6-8,11-12,15,18,25-26,30H,2,9-10,13-14H2,1,3-5H3,(H,27,31);1-2H3/b8-6-,16-7+,25-15?,26-23?;. The number of benzene rings is 1. The number of aliphatic hydroxyl groups excluding tert-OH is 1. The van der Waals surface area contributed by atoms with Gasteiger partial charge in [-0.25, -0.2) is 0 Å². The van der Waals surface area contributed by atoms with E-state index < -0.39 is 0 Å². The summed E-state index contributed by atoms with van der Waals surface area (Å²) in [5.41, 5.74) is 3.78. The van der Waals surface area contributed by atoms with Gasteiger partial charge in [0.25, 0.3) is 5.91 Å². The van der Waals surface area contributed by atoms with Crippen molar-refractivity contribution in [1.29, 1.82) is 10.8 Å². The van der Waals surface area contributed by atoms with E-state index in [1.165, 1.54) is 10.5 Å². The van der Waals surface area contributed by atoms with E-state index in [1.807, 2.05) is 26.0 Å². The van der Waals surface area contributed by atoms with Gasteiger partial charge in [-0.1, -0.05) is 32.6 Å². The van der Waals surface area contributed by atoms with E-state index in [2.05, 4.69) is 23.8 Å². The normalized spacial score (nSPS) is 14.4. The van der Waals surface area contributed by atoms with Crippen molar-refractivity contribution in [3.8, 4) is 5.75 Å². The minimum Gasteiger partial charge on any atom is -0.496 e. The van der Waals surface area contributed by atoms with Gasteiger partial charge in [0.05, 0.1) is 31.7 Å². The van der Waals surface area contributed by atoms with Gasteiger partial charge < -0.3 is 25.0 Å². The van der Waals surface area contributed by atoms with E-state index in [1.54, 1.807) is 39.2 Å². The van der Waals surface area contributed by atoms with E-state index in [9.17, 15) is 9.90 Å². The van der Waals surface area contributed by atoms with Crippen LogP contribution in [0.25, 0.3) is 0 Å². The second-order valence-electron chi connectivity index (χ2n) is 7.91. The summed E-state index contributed by atoms with van der Waals surface area (Å²) in [5.74, 6) is 0.355. The quantitative estimate of drug-likeness (QED) is 0.250. The highest BCUT2D eigenvalue weighted by atomic mass is 16.5. The van der Waals surface area contributed by atoms with Crippen molar-refractivity contribution in [3.05, 3.63) is 64.9 Å². The summed E-state index contributed by atoms with van der Waals surface area (Å²) in [6, 6.07) is 3.46. The zero-order valence-electron chi connectivity index (χ0n) is 21.2. The molecule has 0 aromatic heterocycles. The number of rotatable bonds is 9. The number of nitrogens with one attached hydrogen (secondary N) is 3. The van der Waals surface area contributed by atoms with E-state index >= 15 is 0 Å². The van der Waals surface area contributed by atoms with Gasteiger partial charge >= 0.3 is 0 Å². The van der Waals surface area contributed by atoms with E-state index in [0.717, 1.165) is 31.4 Å². The molecule has 186 valence electrons. The highest BCUT2D eigenvalue weighted by molar-refractivity contribution is 6.01. The molecule has 0 saturated heterocycles. The first-order chi connectivity index (χ1) is 16.2. The molecule has 0 aliphatic carbocycles. The van der Waals surface area contributed by atoms with Crippen molar-refractivity contribution in [2.24, 2.45) is 0 Å². The zero-order chi connectivity index (χ0) is 25.8. The molecule has 1 aliphatic heterocycles. The molecule has 0 saturated carbocycles. The maximum Gasteiger partial charge on any atom is 0.259 e. The Morgan fingerprint density at radius 1 is 1.38 bits per heavy atom. The van der Waals surface area contributed by atoms with Crippen LogP contribution in [-0.4, -0.2) is 66.3 Å². The number of carbonyl (C=O) groups excluding carboxylic acids is 1. The SMILES string of the molecule is C=C(/C=C\C=C(/C)C(=N)N(C=N)C(C)CO)NC(=O)c1cc2c(cc1OC)CCN(C)C2.CC. The summed E-state index contributed by atoms with van der Waals surface area (Å²) < 4.78 is 5.45. The molecule has 0 spiro atoms. The average Bonchev–Trinajstić information content (AvgIpc) is 2.84. The van der Waals surface area contributed by atoms with Crippen LogP contribution in [0.15, 0.2) is 48.2 Å². The fourth-order valence-corrected chi connectivity index (χ4v) is 3.42. The van der Waals surface area contributed by atoms with Crippen molar-refractivity contribution < 1.29 is 14.6 Å². The average molecular weight is 470 g/mol. The zero-order valence-corrected chi connectivity index (χ0v) is 21.2. The monoisotopic (exact) mass is 469 g/mol. The summed E-state index contributed by atoms with van der Waals surface area (Å²) in [7, 11) is 3.61. The van der Waals surface area contributed by atoms with Crippen LogP contribution in [0.4, 0.5) is 0 Å². The number of amidine groups is 1. The molecule has 0 bridgehead atoms. The maximum atomic E-state index is 12.8. The lowest BCUT2D eigenvalue weighted by molar-refractivity contribution is 0.0964. The summed E-state index contributed by atoms with van der Waals surface area (Å²) in [6.07, 6.45) is 6.95. The van der Waals surface area contributed by atoms with Gasteiger partial charge in [-0.05, 0) is 62.2 Å². The second kappa shape index (κ2) is 14.1. The summed E-state index contributed by atoms with van der Waals surface area (Å²) >= 11 is 0. The first kappa shape index (κ1) is 28.8. The number of nitrogens with zero attached hydrogens (tertiary/aromatic N) is 2. The third kappa shape index (κ3) is 7.67. The Morgan fingerprint density at radius 2 is 2.06 bits per heavy atom. The molecular formula is C26H39N5O3. The molecule has 4 N–H and O–H groups in total. The van der Waals surface area contributed by atoms with Gasteiger partial charge in [0.2, 0.25) is 0 Å². The number of aliphatic hydroxyl groups is 1. The van der Waals surface area contributed by atoms with Crippen LogP contribution in [-0.2, 0) is 13.0 Å². The van der Waals surface area contributed by atoms with Gasteiger partial charge in [-0.15, -0.1) is 0 Å². The topological polar surface area (TPSA) is 113 Å². The number of methoxy groups -OCH3 is 1. The van der Waals surface area contributed by atoms with Gasteiger partial charge in [-0.2, -0.15) is 0 Å². The van der Waals surface area contributed by atoms with Crippen LogP contribution in [0.3, 0.4) is 0 Å². The molecule has 1 unspecified atom stereocenters.